The minimum Gasteiger partial charge on any atom is -0.478 e. The molecule has 0 aliphatic carbocycles. The van der Waals surface area contributed by atoms with E-state index in [0.717, 1.165) is 11.8 Å². The number of carbonyl (C=O) groups is 1. The Kier molecular flexibility index (Phi) is 3.69. The molecule has 18 heavy (non-hydrogen) atoms. The smallest absolute Gasteiger partial charge is 0.346 e. The van der Waals surface area contributed by atoms with E-state index in [1.165, 1.54) is 6.92 Å². The predicted molar refractivity (Wildman–Crippen MR) is 63.0 cm³/mol. The number of aryl methyl sites for hydroxylation is 1. The lowest BCUT2D eigenvalue weighted by Gasteiger charge is -2.13. The highest BCUT2D eigenvalue weighted by Crippen LogP contribution is 2.30. The third-order valence-electron chi connectivity index (χ3n) is 2.56. The zero-order valence-electron chi connectivity index (χ0n) is 9.54. The molecule has 7 nitrogen and oxygen atoms in total. The quantitative estimate of drug-likeness (QED) is 0.643. The predicted octanol–water partition coefficient (Wildman–Crippen LogP) is -0.372. The van der Waals surface area contributed by atoms with E-state index < -0.39 is 17.8 Å². The first kappa shape index (κ1) is 13.1. The van der Waals surface area contributed by atoms with Gasteiger partial charge in [0, 0.05) is 5.69 Å². The van der Waals surface area contributed by atoms with Crippen molar-refractivity contribution in [2.45, 2.75) is 23.3 Å². The molecule has 2 heterocycles. The molecular weight excluding hydrogens is 260 g/mol. The van der Waals surface area contributed by atoms with Crippen molar-refractivity contribution in [2.75, 3.05) is 13.2 Å². The Bertz CT molecular complexity index is 529. The number of aromatic carboxylic acids is 1. The molecule has 0 saturated carbocycles. The first-order valence-electron chi connectivity index (χ1n) is 5.25. The Balaban J connectivity index is 2.36. The minimum atomic E-state index is -1.16. The maximum Gasteiger partial charge on any atom is 0.346 e. The lowest BCUT2D eigenvalue weighted by atomic mass is 10.2. The molecule has 1 aliphatic heterocycles. The molecule has 0 bridgehead atoms. The van der Waals surface area contributed by atoms with Crippen LogP contribution in [0.2, 0.25) is 0 Å². The third kappa shape index (κ3) is 2.55. The number of hydrogen-bond donors (Lipinski definition) is 3. The molecule has 1 fully saturated rings. The van der Waals surface area contributed by atoms with Crippen LogP contribution in [0.25, 0.3) is 0 Å². The van der Waals surface area contributed by atoms with Gasteiger partial charge in [-0.05, 0) is 6.92 Å². The average molecular weight is 272 g/mol. The second-order valence-electron chi connectivity index (χ2n) is 3.91. The van der Waals surface area contributed by atoms with Crippen molar-refractivity contribution in [3.8, 4) is 0 Å². The van der Waals surface area contributed by atoms with Gasteiger partial charge in [-0.1, -0.05) is 11.8 Å². The lowest BCUT2D eigenvalue weighted by Crippen LogP contribution is -2.23. The Morgan fingerprint density at radius 3 is 2.83 bits per heavy atom. The van der Waals surface area contributed by atoms with Gasteiger partial charge in [0.2, 0.25) is 0 Å². The van der Waals surface area contributed by atoms with Gasteiger partial charge in [-0.25, -0.2) is 9.59 Å². The van der Waals surface area contributed by atoms with Crippen LogP contribution >= 0.6 is 11.8 Å². The number of nitrogens with zero attached hydrogens (tertiary/aromatic N) is 1. The highest BCUT2D eigenvalue weighted by atomic mass is 32.2. The Morgan fingerprint density at radius 1 is 1.56 bits per heavy atom. The summed E-state index contributed by atoms with van der Waals surface area (Å²) in [5.74, 6) is -1.16. The fraction of sp³-hybridized carbons (Fsp3) is 0.500. The number of hydrogen-bond acceptors (Lipinski definition) is 6. The summed E-state index contributed by atoms with van der Waals surface area (Å²) in [5.41, 5.74) is -0.398. The fourth-order valence-electron chi connectivity index (χ4n) is 1.68. The molecule has 0 aromatic carbocycles. The SMILES string of the molecule is Cc1[nH]c(=O)nc(SC2COCC2O)c1C(=O)O. The van der Waals surface area contributed by atoms with Crippen LogP contribution in [0.5, 0.6) is 0 Å². The molecule has 3 N–H and O–H groups in total. The minimum absolute atomic E-state index is 0.0429. The van der Waals surface area contributed by atoms with E-state index in [1.807, 2.05) is 0 Å². The largest absolute Gasteiger partial charge is 0.478 e. The van der Waals surface area contributed by atoms with Crippen molar-refractivity contribution in [3.05, 3.63) is 21.7 Å². The first-order chi connectivity index (χ1) is 8.49. The van der Waals surface area contributed by atoms with Crippen LogP contribution in [-0.2, 0) is 4.74 Å². The summed E-state index contributed by atoms with van der Waals surface area (Å²) in [6.07, 6.45) is -0.682. The zero-order valence-corrected chi connectivity index (χ0v) is 10.4. The molecule has 98 valence electrons. The molecular formula is C10H12N2O5S. The number of carboxylic acid groups (broad SMARTS) is 1. The van der Waals surface area contributed by atoms with E-state index in [1.54, 1.807) is 0 Å². The second kappa shape index (κ2) is 5.09. The number of aromatic amines is 1. The number of nitrogens with one attached hydrogen (secondary N) is 1. The molecule has 1 aromatic heterocycles. The van der Waals surface area contributed by atoms with Crippen molar-refractivity contribution < 1.29 is 19.7 Å². The Morgan fingerprint density at radius 2 is 2.28 bits per heavy atom. The second-order valence-corrected chi connectivity index (χ2v) is 5.14. The molecule has 0 amide bonds. The molecule has 1 saturated heterocycles. The summed E-state index contributed by atoms with van der Waals surface area (Å²) in [6, 6.07) is 0. The number of thioether (sulfide) groups is 1. The number of rotatable bonds is 3. The molecule has 2 unspecified atom stereocenters. The van der Waals surface area contributed by atoms with Gasteiger partial charge in [0.15, 0.2) is 0 Å². The van der Waals surface area contributed by atoms with Gasteiger partial charge >= 0.3 is 11.7 Å². The van der Waals surface area contributed by atoms with Crippen molar-refractivity contribution in [2.24, 2.45) is 0 Å². The summed E-state index contributed by atoms with van der Waals surface area (Å²) in [6.45, 7) is 2.01. The van der Waals surface area contributed by atoms with Crippen LogP contribution in [0.15, 0.2) is 9.82 Å². The molecule has 2 atom stereocenters. The molecule has 8 heteroatoms. The van der Waals surface area contributed by atoms with E-state index in [9.17, 15) is 14.7 Å². The monoisotopic (exact) mass is 272 g/mol. The van der Waals surface area contributed by atoms with Crippen LogP contribution in [0.3, 0.4) is 0 Å². The number of aromatic nitrogens is 2. The number of ether oxygens (including phenoxy) is 1. The van der Waals surface area contributed by atoms with E-state index in [0.29, 0.717) is 6.61 Å². The van der Waals surface area contributed by atoms with Gasteiger partial charge in [-0.3, -0.25) is 0 Å². The fourth-order valence-corrected chi connectivity index (χ4v) is 2.86. The first-order valence-corrected chi connectivity index (χ1v) is 6.13. The summed E-state index contributed by atoms with van der Waals surface area (Å²) in [5, 5.41) is 18.5. The molecule has 0 radical (unpaired) electrons. The summed E-state index contributed by atoms with van der Waals surface area (Å²) >= 11 is 1.06. The third-order valence-corrected chi connectivity index (χ3v) is 3.83. The topological polar surface area (TPSA) is 113 Å². The van der Waals surface area contributed by atoms with Crippen molar-refractivity contribution >= 4 is 17.7 Å². The lowest BCUT2D eigenvalue weighted by molar-refractivity contribution is 0.0690. The van der Waals surface area contributed by atoms with Gasteiger partial charge in [0.05, 0.1) is 24.6 Å². The number of H-pyrrole nitrogens is 1. The van der Waals surface area contributed by atoms with Crippen LogP contribution in [-0.4, -0.2) is 50.7 Å². The standard InChI is InChI=1S/C10H12N2O5S/c1-4-7(9(14)15)8(12-10(16)11-4)18-6-3-17-2-5(6)13/h5-6,13H,2-3H2,1H3,(H,14,15)(H,11,12,16). The zero-order chi connectivity index (χ0) is 13.3. The number of carboxylic acids is 1. The Labute approximate surface area is 106 Å². The van der Waals surface area contributed by atoms with E-state index >= 15 is 0 Å². The molecule has 2 rings (SSSR count). The highest BCUT2D eigenvalue weighted by Gasteiger charge is 2.30. The molecule has 0 spiro atoms. The van der Waals surface area contributed by atoms with Crippen LogP contribution < -0.4 is 5.69 Å². The van der Waals surface area contributed by atoms with Crippen molar-refractivity contribution in [1.29, 1.82) is 0 Å². The van der Waals surface area contributed by atoms with E-state index in [4.69, 9.17) is 9.84 Å². The van der Waals surface area contributed by atoms with Crippen LogP contribution in [0.4, 0.5) is 0 Å². The van der Waals surface area contributed by atoms with Crippen molar-refractivity contribution in [3.63, 3.8) is 0 Å². The van der Waals surface area contributed by atoms with Crippen molar-refractivity contribution in [1.82, 2.24) is 9.97 Å². The average Bonchev–Trinajstić information content (AvgIpc) is 2.62. The van der Waals surface area contributed by atoms with Crippen LogP contribution in [0.1, 0.15) is 16.1 Å². The highest BCUT2D eigenvalue weighted by molar-refractivity contribution is 8.00. The van der Waals surface area contributed by atoms with Gasteiger partial charge in [0.1, 0.15) is 10.6 Å². The summed E-state index contributed by atoms with van der Waals surface area (Å²) in [4.78, 5) is 28.4. The maximum absolute atomic E-state index is 11.3. The molecule has 1 aliphatic rings. The van der Waals surface area contributed by atoms with Gasteiger partial charge in [-0.2, -0.15) is 4.98 Å². The molecule has 1 aromatic rings. The van der Waals surface area contributed by atoms with Gasteiger partial charge < -0.3 is 19.9 Å². The normalized spacial score (nSPS) is 23.2. The number of aliphatic hydroxyl groups excluding tert-OH is 1. The maximum atomic E-state index is 11.3. The van der Waals surface area contributed by atoms with Gasteiger partial charge in [0.25, 0.3) is 0 Å². The van der Waals surface area contributed by atoms with Gasteiger partial charge in [-0.15, -0.1) is 0 Å². The Hall–Kier alpha value is -1.38. The van der Waals surface area contributed by atoms with Crippen LogP contribution in [0, 0.1) is 6.92 Å². The van der Waals surface area contributed by atoms with E-state index in [-0.39, 0.29) is 28.1 Å². The summed E-state index contributed by atoms with van der Waals surface area (Å²) in [7, 11) is 0. The summed E-state index contributed by atoms with van der Waals surface area (Å²) < 4.78 is 5.07. The number of aliphatic hydroxyl groups is 1. The van der Waals surface area contributed by atoms with E-state index in [2.05, 4.69) is 9.97 Å².